The van der Waals surface area contributed by atoms with Crippen LogP contribution in [-0.2, 0) is 4.79 Å². The zero-order valence-electron chi connectivity index (χ0n) is 5.94. The molecular weight excluding hydrogens is 164 g/mol. The Morgan fingerprint density at radius 3 is 3.09 bits per heavy atom. The molecule has 1 rings (SSSR count). The van der Waals surface area contributed by atoms with Gasteiger partial charge in [0.05, 0.1) is 11.2 Å². The molecule has 0 aliphatic carbocycles. The summed E-state index contributed by atoms with van der Waals surface area (Å²) in [6, 6.07) is 0. The van der Waals surface area contributed by atoms with Crippen molar-refractivity contribution >= 4 is 17.2 Å². The molecule has 0 fully saturated rings. The van der Waals surface area contributed by atoms with E-state index in [0.717, 1.165) is 0 Å². The highest BCUT2D eigenvalue weighted by Crippen LogP contribution is 2.11. The number of nitrogens with zero attached hydrogens (tertiary/aromatic N) is 1. The van der Waals surface area contributed by atoms with E-state index in [9.17, 15) is 9.90 Å². The van der Waals surface area contributed by atoms with E-state index in [2.05, 4.69) is 10.3 Å². The van der Waals surface area contributed by atoms with Gasteiger partial charge in [-0.2, -0.15) is 0 Å². The average molecular weight is 172 g/mol. The Bertz CT molecular complexity index is 235. The molecule has 0 saturated heterocycles. The molecular formula is C6H8N2O2S. The number of amides is 1. The molecule has 0 aliphatic rings. The van der Waals surface area contributed by atoms with Crippen LogP contribution >= 0.6 is 11.3 Å². The van der Waals surface area contributed by atoms with Crippen molar-refractivity contribution in [2.24, 2.45) is 0 Å². The number of carbonyl (C=O) groups is 1. The van der Waals surface area contributed by atoms with E-state index in [1.54, 1.807) is 10.9 Å². The molecule has 2 N–H and O–H groups in total. The molecule has 1 amide bonds. The number of aliphatic hydroxyl groups excluding tert-OH is 1. The summed E-state index contributed by atoms with van der Waals surface area (Å²) in [5.41, 5.74) is 1.97. The van der Waals surface area contributed by atoms with E-state index in [1.165, 1.54) is 18.4 Å². The molecule has 0 bridgehead atoms. The van der Waals surface area contributed by atoms with E-state index >= 15 is 0 Å². The largest absolute Gasteiger partial charge is 0.377 e. The van der Waals surface area contributed by atoms with Crippen LogP contribution in [0.3, 0.4) is 0 Å². The minimum atomic E-state index is -1.13. The Morgan fingerprint density at radius 2 is 2.64 bits per heavy atom. The van der Waals surface area contributed by atoms with Gasteiger partial charge in [0.2, 0.25) is 0 Å². The van der Waals surface area contributed by atoms with Gasteiger partial charge in [-0.1, -0.05) is 0 Å². The van der Waals surface area contributed by atoms with Crippen molar-refractivity contribution in [3.05, 3.63) is 16.6 Å². The normalized spacial score (nSPS) is 12.5. The maximum atomic E-state index is 10.8. The lowest BCUT2D eigenvalue weighted by Gasteiger charge is -2.04. The number of hydrogen-bond donors (Lipinski definition) is 2. The fourth-order valence-electron chi connectivity index (χ4n) is 0.628. The number of hydrogen-bond acceptors (Lipinski definition) is 4. The van der Waals surface area contributed by atoms with Gasteiger partial charge in [0.1, 0.15) is 0 Å². The van der Waals surface area contributed by atoms with Gasteiger partial charge in [-0.3, -0.25) is 4.79 Å². The maximum absolute atomic E-state index is 10.8. The fraction of sp³-hybridized carbons (Fsp3) is 0.333. The summed E-state index contributed by atoms with van der Waals surface area (Å²) in [6.07, 6.45) is -1.13. The molecule has 60 valence electrons. The average Bonchev–Trinajstić information content (AvgIpc) is 2.53. The third kappa shape index (κ3) is 1.75. The van der Waals surface area contributed by atoms with Crippen molar-refractivity contribution in [3.63, 3.8) is 0 Å². The molecule has 1 aromatic rings. The van der Waals surface area contributed by atoms with Crippen LogP contribution in [0, 0.1) is 0 Å². The second-order valence-electron chi connectivity index (χ2n) is 1.93. The van der Waals surface area contributed by atoms with Gasteiger partial charge >= 0.3 is 0 Å². The molecule has 1 atom stereocenters. The van der Waals surface area contributed by atoms with E-state index < -0.39 is 12.0 Å². The van der Waals surface area contributed by atoms with Gasteiger partial charge in [-0.05, 0) is 0 Å². The second-order valence-corrected chi connectivity index (χ2v) is 2.65. The van der Waals surface area contributed by atoms with Gasteiger partial charge in [-0.15, -0.1) is 11.3 Å². The summed E-state index contributed by atoms with van der Waals surface area (Å²) in [5, 5.41) is 13.2. The van der Waals surface area contributed by atoms with Crippen LogP contribution in [0.25, 0.3) is 0 Å². The lowest BCUT2D eigenvalue weighted by Crippen LogP contribution is -2.25. The first-order chi connectivity index (χ1) is 5.25. The SMILES string of the molecule is CNC(=O)C(O)c1cscn1. The van der Waals surface area contributed by atoms with Crippen LogP contribution in [0.4, 0.5) is 0 Å². The van der Waals surface area contributed by atoms with Gasteiger partial charge in [0.25, 0.3) is 5.91 Å². The predicted octanol–water partition coefficient (Wildman–Crippen LogP) is -0.0775. The fourth-order valence-corrected chi connectivity index (χ4v) is 1.20. The van der Waals surface area contributed by atoms with E-state index in [0.29, 0.717) is 5.69 Å². The van der Waals surface area contributed by atoms with Crippen LogP contribution in [0.1, 0.15) is 11.8 Å². The molecule has 1 unspecified atom stereocenters. The standard InChI is InChI=1S/C6H8N2O2S/c1-7-6(10)5(9)4-2-11-3-8-4/h2-3,5,9H,1H3,(H,7,10). The molecule has 1 heterocycles. The van der Waals surface area contributed by atoms with Crippen molar-refractivity contribution in [3.8, 4) is 0 Å². The van der Waals surface area contributed by atoms with E-state index in [1.807, 2.05) is 0 Å². The van der Waals surface area contributed by atoms with Crippen molar-refractivity contribution in [1.82, 2.24) is 10.3 Å². The number of rotatable bonds is 2. The third-order valence-electron chi connectivity index (χ3n) is 1.23. The summed E-state index contributed by atoms with van der Waals surface area (Å²) in [4.78, 5) is 14.6. The number of carbonyl (C=O) groups excluding carboxylic acids is 1. The highest BCUT2D eigenvalue weighted by atomic mass is 32.1. The first-order valence-electron chi connectivity index (χ1n) is 3.03. The number of thiazole rings is 1. The van der Waals surface area contributed by atoms with Crippen molar-refractivity contribution in [1.29, 1.82) is 0 Å². The van der Waals surface area contributed by atoms with Gasteiger partial charge in [0.15, 0.2) is 6.10 Å². The van der Waals surface area contributed by atoms with E-state index in [-0.39, 0.29) is 0 Å². The van der Waals surface area contributed by atoms with Gasteiger partial charge in [0, 0.05) is 12.4 Å². The van der Waals surface area contributed by atoms with Crippen molar-refractivity contribution in [2.75, 3.05) is 7.05 Å². The Hall–Kier alpha value is -0.940. The second kappa shape index (κ2) is 3.45. The van der Waals surface area contributed by atoms with Crippen LogP contribution in [-0.4, -0.2) is 23.0 Å². The minimum Gasteiger partial charge on any atom is -0.377 e. The Morgan fingerprint density at radius 1 is 1.91 bits per heavy atom. The maximum Gasteiger partial charge on any atom is 0.254 e. The molecule has 0 radical (unpaired) electrons. The monoisotopic (exact) mass is 172 g/mol. The van der Waals surface area contributed by atoms with Crippen molar-refractivity contribution < 1.29 is 9.90 Å². The molecule has 11 heavy (non-hydrogen) atoms. The Labute approximate surface area is 67.9 Å². The zero-order chi connectivity index (χ0) is 8.27. The summed E-state index contributed by atoms with van der Waals surface area (Å²) < 4.78 is 0. The highest BCUT2D eigenvalue weighted by molar-refractivity contribution is 7.07. The van der Waals surface area contributed by atoms with Crippen LogP contribution < -0.4 is 5.32 Å². The third-order valence-corrected chi connectivity index (χ3v) is 1.83. The quantitative estimate of drug-likeness (QED) is 0.656. The van der Waals surface area contributed by atoms with Crippen molar-refractivity contribution in [2.45, 2.75) is 6.10 Å². The van der Waals surface area contributed by atoms with Crippen LogP contribution in [0.5, 0.6) is 0 Å². The first kappa shape index (κ1) is 8.16. The first-order valence-corrected chi connectivity index (χ1v) is 3.97. The number of aromatic nitrogens is 1. The van der Waals surface area contributed by atoms with Gasteiger partial charge < -0.3 is 10.4 Å². The molecule has 0 aliphatic heterocycles. The number of nitrogens with one attached hydrogen (secondary N) is 1. The zero-order valence-corrected chi connectivity index (χ0v) is 6.76. The number of aliphatic hydroxyl groups is 1. The smallest absolute Gasteiger partial charge is 0.254 e. The molecule has 0 saturated carbocycles. The summed E-state index contributed by atoms with van der Waals surface area (Å²) >= 11 is 1.34. The lowest BCUT2D eigenvalue weighted by atomic mass is 10.3. The molecule has 0 spiro atoms. The van der Waals surface area contributed by atoms with Crippen LogP contribution in [0.15, 0.2) is 10.9 Å². The topological polar surface area (TPSA) is 62.2 Å². The molecule has 1 aromatic heterocycles. The van der Waals surface area contributed by atoms with Crippen LogP contribution in [0.2, 0.25) is 0 Å². The summed E-state index contributed by atoms with van der Waals surface area (Å²) in [7, 11) is 1.47. The molecule has 0 aromatic carbocycles. The minimum absolute atomic E-state index is 0.398. The number of likely N-dealkylation sites (N-methyl/N-ethyl adjacent to an activating group) is 1. The lowest BCUT2D eigenvalue weighted by molar-refractivity contribution is -0.129. The predicted molar refractivity (Wildman–Crippen MR) is 41.1 cm³/mol. The Balaban J connectivity index is 2.70. The van der Waals surface area contributed by atoms with E-state index in [4.69, 9.17) is 0 Å². The molecule has 4 nitrogen and oxygen atoms in total. The molecule has 5 heteroatoms. The van der Waals surface area contributed by atoms with Gasteiger partial charge in [-0.25, -0.2) is 4.98 Å². The summed E-state index contributed by atoms with van der Waals surface area (Å²) in [5.74, 6) is -0.434. The summed E-state index contributed by atoms with van der Waals surface area (Å²) in [6.45, 7) is 0. The highest BCUT2D eigenvalue weighted by Gasteiger charge is 2.16. The Kier molecular flexibility index (Phi) is 2.56.